The Labute approximate surface area is 183 Å². The summed E-state index contributed by atoms with van der Waals surface area (Å²) < 4.78 is 10.5. The number of ketones is 1. The first-order valence-corrected chi connectivity index (χ1v) is 11.0. The van der Waals surface area contributed by atoms with E-state index in [-0.39, 0.29) is 19.3 Å². The van der Waals surface area contributed by atoms with Crippen LogP contribution in [0.4, 0.5) is 4.79 Å². The summed E-state index contributed by atoms with van der Waals surface area (Å²) in [6.07, 6.45) is 0.364. The second-order valence-corrected chi connectivity index (χ2v) is 8.37. The van der Waals surface area contributed by atoms with E-state index in [0.29, 0.717) is 30.8 Å². The van der Waals surface area contributed by atoms with Gasteiger partial charge in [0.05, 0.1) is 4.88 Å². The van der Waals surface area contributed by atoms with Crippen LogP contribution in [0.15, 0.2) is 47.8 Å². The summed E-state index contributed by atoms with van der Waals surface area (Å²) in [6.45, 7) is 0.727. The average molecular weight is 442 g/mol. The van der Waals surface area contributed by atoms with E-state index in [1.165, 1.54) is 21.1 Å². The second-order valence-electron chi connectivity index (χ2n) is 7.42. The van der Waals surface area contributed by atoms with Gasteiger partial charge in [0.25, 0.3) is 11.7 Å². The van der Waals surface area contributed by atoms with Gasteiger partial charge in [-0.15, -0.1) is 11.3 Å². The summed E-state index contributed by atoms with van der Waals surface area (Å²) in [5.41, 5.74) is 0.856. The minimum atomic E-state index is -0.809. The molecule has 0 N–H and O–H groups in total. The molecule has 162 valence electrons. The molecule has 0 spiro atoms. The molecule has 2 fully saturated rings. The maximum absolute atomic E-state index is 12.6. The highest BCUT2D eigenvalue weighted by molar-refractivity contribution is 7.13. The number of carbonyl (C=O) groups is 4. The van der Waals surface area contributed by atoms with E-state index < -0.39 is 29.8 Å². The standard InChI is InChI=1S/C22H22N2O6S/c25-19(18-7-4-12-31-18)20(26)23-10-8-16(9-11-23)24-17(14-30-22(24)28)21(27)29-13-15-5-2-1-3-6-15/h1-7,12,16-17H,8-11,13-14H2/t17-/m0/s1. The highest BCUT2D eigenvalue weighted by Crippen LogP contribution is 2.25. The zero-order valence-corrected chi connectivity index (χ0v) is 17.6. The van der Waals surface area contributed by atoms with E-state index in [9.17, 15) is 19.2 Å². The lowest BCUT2D eigenvalue weighted by molar-refractivity contribution is -0.150. The Kier molecular flexibility index (Phi) is 6.31. The number of esters is 1. The third-order valence-electron chi connectivity index (χ3n) is 5.49. The minimum Gasteiger partial charge on any atom is -0.459 e. The maximum atomic E-state index is 12.6. The van der Waals surface area contributed by atoms with Crippen molar-refractivity contribution in [2.45, 2.75) is 31.5 Å². The quantitative estimate of drug-likeness (QED) is 0.388. The summed E-state index contributed by atoms with van der Waals surface area (Å²) >= 11 is 1.23. The molecule has 9 heteroatoms. The van der Waals surface area contributed by atoms with Gasteiger partial charge in [0.15, 0.2) is 6.04 Å². The second kappa shape index (κ2) is 9.30. The predicted octanol–water partition coefficient (Wildman–Crippen LogP) is 2.49. The minimum absolute atomic E-state index is 0.0531. The molecule has 2 saturated heterocycles. The van der Waals surface area contributed by atoms with Crippen molar-refractivity contribution in [1.29, 1.82) is 0 Å². The first-order valence-electron chi connectivity index (χ1n) is 10.1. The zero-order chi connectivity index (χ0) is 21.8. The molecule has 0 aliphatic carbocycles. The molecule has 4 rings (SSSR count). The fraction of sp³-hybridized carbons (Fsp3) is 0.364. The predicted molar refractivity (Wildman–Crippen MR) is 111 cm³/mol. The first-order chi connectivity index (χ1) is 15.0. The molecule has 1 aromatic carbocycles. The summed E-state index contributed by atoms with van der Waals surface area (Å²) in [7, 11) is 0. The fourth-order valence-corrected chi connectivity index (χ4v) is 4.50. The Balaban J connectivity index is 1.34. The Morgan fingerprint density at radius 3 is 2.48 bits per heavy atom. The van der Waals surface area contributed by atoms with Crippen LogP contribution in [0.25, 0.3) is 0 Å². The smallest absolute Gasteiger partial charge is 0.410 e. The van der Waals surface area contributed by atoms with Gasteiger partial charge in [-0.1, -0.05) is 36.4 Å². The number of cyclic esters (lactones) is 1. The maximum Gasteiger partial charge on any atom is 0.410 e. The Morgan fingerprint density at radius 2 is 1.81 bits per heavy atom. The number of hydrogen-bond acceptors (Lipinski definition) is 7. The number of hydrogen-bond donors (Lipinski definition) is 0. The Bertz CT molecular complexity index is 954. The molecule has 0 saturated carbocycles. The van der Waals surface area contributed by atoms with Crippen molar-refractivity contribution in [2.24, 2.45) is 0 Å². The van der Waals surface area contributed by atoms with Crippen molar-refractivity contribution in [3.8, 4) is 0 Å². The largest absolute Gasteiger partial charge is 0.459 e. The van der Waals surface area contributed by atoms with Crippen LogP contribution in [-0.4, -0.2) is 65.3 Å². The molecule has 1 aromatic heterocycles. The van der Waals surface area contributed by atoms with Crippen LogP contribution in [0.3, 0.4) is 0 Å². The van der Waals surface area contributed by atoms with E-state index in [2.05, 4.69) is 0 Å². The average Bonchev–Trinajstić information content (AvgIpc) is 3.47. The third-order valence-corrected chi connectivity index (χ3v) is 6.36. The van der Waals surface area contributed by atoms with Crippen molar-refractivity contribution in [3.05, 3.63) is 58.3 Å². The van der Waals surface area contributed by atoms with Crippen LogP contribution in [-0.2, 0) is 25.7 Å². The van der Waals surface area contributed by atoms with Crippen LogP contribution in [0.5, 0.6) is 0 Å². The van der Waals surface area contributed by atoms with Crippen molar-refractivity contribution in [3.63, 3.8) is 0 Å². The molecule has 2 aliphatic heterocycles. The number of amides is 2. The monoisotopic (exact) mass is 442 g/mol. The number of piperidine rings is 1. The number of nitrogens with zero attached hydrogens (tertiary/aromatic N) is 2. The number of Topliss-reactive ketones (excluding diaryl/α,β-unsaturated/α-hetero) is 1. The lowest BCUT2D eigenvalue weighted by Gasteiger charge is -2.36. The molecule has 2 amide bonds. The lowest BCUT2D eigenvalue weighted by Crippen LogP contribution is -2.52. The van der Waals surface area contributed by atoms with E-state index in [1.807, 2.05) is 30.3 Å². The van der Waals surface area contributed by atoms with Crippen LogP contribution in [0.1, 0.15) is 28.1 Å². The Morgan fingerprint density at radius 1 is 1.06 bits per heavy atom. The van der Waals surface area contributed by atoms with Crippen LogP contribution in [0.2, 0.25) is 0 Å². The molecule has 1 atom stereocenters. The molecule has 2 aromatic rings. The summed E-state index contributed by atoms with van der Waals surface area (Å²) in [5.74, 6) is -1.57. The Hall–Kier alpha value is -3.20. The topological polar surface area (TPSA) is 93.2 Å². The highest BCUT2D eigenvalue weighted by Gasteiger charge is 2.44. The number of ether oxygens (including phenoxy) is 2. The number of carbonyl (C=O) groups excluding carboxylic acids is 4. The molecule has 8 nitrogen and oxygen atoms in total. The molecule has 0 radical (unpaired) electrons. The third kappa shape index (κ3) is 4.61. The van der Waals surface area contributed by atoms with Crippen molar-refractivity contribution < 1.29 is 28.7 Å². The SMILES string of the molecule is O=C(C(=O)N1CCC(N2C(=O)OC[C@H]2C(=O)OCc2ccccc2)CC1)c1cccs1. The highest BCUT2D eigenvalue weighted by atomic mass is 32.1. The molecule has 2 aliphatic rings. The molecule has 0 unspecified atom stereocenters. The van der Waals surface area contributed by atoms with Gasteiger partial charge in [0.2, 0.25) is 0 Å². The van der Waals surface area contributed by atoms with Gasteiger partial charge in [-0.25, -0.2) is 9.59 Å². The van der Waals surface area contributed by atoms with Gasteiger partial charge in [0, 0.05) is 19.1 Å². The molecule has 0 bridgehead atoms. The van der Waals surface area contributed by atoms with E-state index in [4.69, 9.17) is 9.47 Å². The molecule has 31 heavy (non-hydrogen) atoms. The number of thiophene rings is 1. The fourth-order valence-electron chi connectivity index (χ4n) is 3.85. The lowest BCUT2D eigenvalue weighted by atomic mass is 10.0. The van der Waals surface area contributed by atoms with Crippen LogP contribution in [0, 0.1) is 0 Å². The zero-order valence-electron chi connectivity index (χ0n) is 16.8. The van der Waals surface area contributed by atoms with Gasteiger partial charge >= 0.3 is 12.1 Å². The van der Waals surface area contributed by atoms with E-state index >= 15 is 0 Å². The van der Waals surface area contributed by atoms with Gasteiger partial charge in [-0.3, -0.25) is 14.5 Å². The van der Waals surface area contributed by atoms with Crippen molar-refractivity contribution in [2.75, 3.05) is 19.7 Å². The van der Waals surface area contributed by atoms with Crippen molar-refractivity contribution in [1.82, 2.24) is 9.80 Å². The number of rotatable bonds is 6. The molecular weight excluding hydrogens is 420 g/mol. The summed E-state index contributed by atoms with van der Waals surface area (Å²) in [6, 6.07) is 11.6. The van der Waals surface area contributed by atoms with Crippen molar-refractivity contribution >= 4 is 35.1 Å². The summed E-state index contributed by atoms with van der Waals surface area (Å²) in [4.78, 5) is 53.0. The first kappa shape index (κ1) is 21.0. The van der Waals surface area contributed by atoms with Gasteiger partial charge in [-0.2, -0.15) is 0 Å². The van der Waals surface area contributed by atoms with Gasteiger partial charge < -0.3 is 14.4 Å². The number of benzene rings is 1. The van der Waals surface area contributed by atoms with Gasteiger partial charge in [0.1, 0.15) is 13.2 Å². The van der Waals surface area contributed by atoms with E-state index in [0.717, 1.165) is 5.56 Å². The van der Waals surface area contributed by atoms with E-state index in [1.54, 1.807) is 17.5 Å². The molecular formula is C22H22N2O6S. The van der Waals surface area contributed by atoms with Crippen LogP contribution >= 0.6 is 11.3 Å². The van der Waals surface area contributed by atoms with Crippen LogP contribution < -0.4 is 0 Å². The summed E-state index contributed by atoms with van der Waals surface area (Å²) in [5, 5.41) is 1.75. The van der Waals surface area contributed by atoms with Gasteiger partial charge in [-0.05, 0) is 29.9 Å². The molecule has 3 heterocycles. The number of likely N-dealkylation sites (tertiary alicyclic amines) is 1. The normalized spacial score (nSPS) is 19.2.